The molecule has 0 aliphatic heterocycles. The molecule has 1 aliphatic rings. The number of aromatic nitrogens is 3. The first kappa shape index (κ1) is 26.6. The lowest BCUT2D eigenvalue weighted by Gasteiger charge is -2.13. The summed E-state index contributed by atoms with van der Waals surface area (Å²) in [7, 11) is 0. The predicted octanol–water partition coefficient (Wildman–Crippen LogP) is 12.7. The average molecular weight is 652 g/mol. The van der Waals surface area contributed by atoms with E-state index in [4.69, 9.17) is 9.97 Å². The van der Waals surface area contributed by atoms with Crippen molar-refractivity contribution < 1.29 is 0 Å². The molecule has 3 heterocycles. The fraction of sp³-hybridized carbons (Fsp3) is 0. The number of rotatable bonds is 3. The molecule has 0 saturated carbocycles. The molecule has 1 aliphatic carbocycles. The lowest BCUT2D eigenvalue weighted by atomic mass is 9.98. The van der Waals surface area contributed by atoms with Crippen LogP contribution in [-0.2, 0) is 0 Å². The highest BCUT2D eigenvalue weighted by molar-refractivity contribution is 7.26. The minimum atomic E-state index is 0.685. The van der Waals surface area contributed by atoms with Gasteiger partial charge in [0.05, 0.1) is 22.2 Å². The Morgan fingerprint density at radius 1 is 0.420 bits per heavy atom. The first-order valence-electron chi connectivity index (χ1n) is 17.0. The van der Waals surface area contributed by atoms with Crippen LogP contribution in [0.25, 0.3) is 114 Å². The topological polar surface area (TPSA) is 30.7 Å². The van der Waals surface area contributed by atoms with Crippen LogP contribution in [0.2, 0.25) is 0 Å². The number of hydrogen-bond donors (Lipinski definition) is 0. The summed E-state index contributed by atoms with van der Waals surface area (Å²) in [5.74, 6) is 0.685. The Morgan fingerprint density at radius 3 is 2.04 bits per heavy atom. The first-order chi connectivity index (χ1) is 24.8. The van der Waals surface area contributed by atoms with Crippen LogP contribution in [-0.4, -0.2) is 14.5 Å². The standard InChI is InChI=1S/C46H25N3S/c1-2-8-30-25-31(20-17-26(30)7-1)27-15-18-29(19-16-27)45-34-9-3-4-12-35(34)47-46(48-45)49-36-13-5-10-32-33-11-6-14-38-42(33)44-39(50-38)24-22-28-21-23-37(49)43(40(28)44)41(32)36/h1-25H. The molecule has 0 spiro atoms. The molecule has 0 amide bonds. The summed E-state index contributed by atoms with van der Waals surface area (Å²) in [4.78, 5) is 10.7. The predicted molar refractivity (Wildman–Crippen MR) is 212 cm³/mol. The summed E-state index contributed by atoms with van der Waals surface area (Å²) in [5.41, 5.74) is 10.1. The fourth-order valence-corrected chi connectivity index (χ4v) is 9.65. The average Bonchev–Trinajstić information content (AvgIpc) is 3.69. The summed E-state index contributed by atoms with van der Waals surface area (Å²) in [6, 6.07) is 55.0. The summed E-state index contributed by atoms with van der Waals surface area (Å²) >= 11 is 1.89. The Kier molecular flexibility index (Phi) is 5.12. The third-order valence-electron chi connectivity index (χ3n) is 10.7. The molecule has 50 heavy (non-hydrogen) atoms. The zero-order chi connectivity index (χ0) is 32.5. The van der Waals surface area contributed by atoms with E-state index in [0.717, 1.165) is 33.2 Å². The fourth-order valence-electron chi connectivity index (χ4n) is 8.51. The van der Waals surface area contributed by atoms with Crippen molar-refractivity contribution in [3.63, 3.8) is 0 Å². The van der Waals surface area contributed by atoms with Crippen LogP contribution >= 0.6 is 11.3 Å². The van der Waals surface area contributed by atoms with Gasteiger partial charge in [-0.05, 0) is 74.8 Å². The maximum atomic E-state index is 5.43. The molecule has 230 valence electrons. The summed E-state index contributed by atoms with van der Waals surface area (Å²) in [6.07, 6.45) is 0. The second-order valence-electron chi connectivity index (χ2n) is 13.3. The molecular weight excluding hydrogens is 627 g/mol. The van der Waals surface area contributed by atoms with E-state index in [2.05, 4.69) is 156 Å². The molecule has 0 bridgehead atoms. The Hall–Kier alpha value is -6.36. The molecule has 8 aromatic carbocycles. The van der Waals surface area contributed by atoms with Crippen molar-refractivity contribution in [1.82, 2.24) is 14.5 Å². The molecule has 0 radical (unpaired) electrons. The van der Waals surface area contributed by atoms with E-state index in [0.29, 0.717) is 5.95 Å². The Balaban J connectivity index is 1.12. The van der Waals surface area contributed by atoms with Gasteiger partial charge in [-0.25, -0.2) is 9.97 Å². The number of hydrogen-bond acceptors (Lipinski definition) is 3. The van der Waals surface area contributed by atoms with Crippen molar-refractivity contribution in [2.75, 3.05) is 0 Å². The van der Waals surface area contributed by atoms with Gasteiger partial charge in [0.2, 0.25) is 5.95 Å². The van der Waals surface area contributed by atoms with Crippen molar-refractivity contribution in [2.24, 2.45) is 0 Å². The summed E-state index contributed by atoms with van der Waals surface area (Å²) < 4.78 is 4.97. The van der Waals surface area contributed by atoms with E-state index in [9.17, 15) is 0 Å². The van der Waals surface area contributed by atoms with Crippen molar-refractivity contribution in [1.29, 1.82) is 0 Å². The zero-order valence-corrected chi connectivity index (χ0v) is 27.5. The molecule has 0 unspecified atom stereocenters. The van der Waals surface area contributed by atoms with Gasteiger partial charge in [0.25, 0.3) is 0 Å². The zero-order valence-electron chi connectivity index (χ0n) is 26.7. The van der Waals surface area contributed by atoms with E-state index in [1.54, 1.807) is 0 Å². The van der Waals surface area contributed by atoms with Gasteiger partial charge in [-0.3, -0.25) is 4.57 Å². The van der Waals surface area contributed by atoms with Crippen LogP contribution in [0.1, 0.15) is 0 Å². The summed E-state index contributed by atoms with van der Waals surface area (Å²) in [5, 5.41) is 11.4. The Morgan fingerprint density at radius 2 is 1.12 bits per heavy atom. The number of fused-ring (bicyclic) bond motifs is 3. The highest BCUT2D eigenvalue weighted by Gasteiger charge is 2.26. The second kappa shape index (κ2) is 9.63. The van der Waals surface area contributed by atoms with Crippen LogP contribution in [0.4, 0.5) is 0 Å². The highest BCUT2D eigenvalue weighted by Crippen LogP contribution is 2.51. The smallest absolute Gasteiger partial charge is 0.235 e. The van der Waals surface area contributed by atoms with Crippen LogP contribution in [0, 0.1) is 0 Å². The molecule has 11 aromatic rings. The molecule has 0 fully saturated rings. The molecule has 4 heteroatoms. The molecule has 0 N–H and O–H groups in total. The molecule has 0 atom stereocenters. The van der Waals surface area contributed by atoms with E-state index in [-0.39, 0.29) is 0 Å². The monoisotopic (exact) mass is 651 g/mol. The van der Waals surface area contributed by atoms with Crippen LogP contribution < -0.4 is 0 Å². The Labute approximate surface area is 290 Å². The molecule has 3 aromatic heterocycles. The molecule has 12 rings (SSSR count). The Bertz CT molecular complexity index is 3260. The molecular formula is C46H25N3S. The van der Waals surface area contributed by atoms with Gasteiger partial charge in [0.1, 0.15) is 0 Å². The van der Waals surface area contributed by atoms with E-state index in [1.807, 2.05) is 11.3 Å². The third kappa shape index (κ3) is 3.48. The van der Waals surface area contributed by atoms with E-state index >= 15 is 0 Å². The van der Waals surface area contributed by atoms with Crippen molar-refractivity contribution in [2.45, 2.75) is 0 Å². The quantitative estimate of drug-likeness (QED) is 0.190. The lowest BCUT2D eigenvalue weighted by Crippen LogP contribution is -2.03. The molecule has 0 saturated heterocycles. The number of thiophene rings is 1. The number of para-hydroxylation sites is 1. The van der Waals surface area contributed by atoms with E-state index < -0.39 is 0 Å². The van der Waals surface area contributed by atoms with Gasteiger partial charge >= 0.3 is 0 Å². The van der Waals surface area contributed by atoms with Crippen molar-refractivity contribution in [3.8, 4) is 39.5 Å². The minimum absolute atomic E-state index is 0.685. The van der Waals surface area contributed by atoms with Crippen LogP contribution in [0.3, 0.4) is 0 Å². The van der Waals surface area contributed by atoms with Gasteiger partial charge in [-0.15, -0.1) is 11.3 Å². The van der Waals surface area contributed by atoms with Crippen molar-refractivity contribution in [3.05, 3.63) is 152 Å². The maximum Gasteiger partial charge on any atom is 0.235 e. The highest BCUT2D eigenvalue weighted by atomic mass is 32.1. The first-order valence-corrected chi connectivity index (χ1v) is 17.8. The van der Waals surface area contributed by atoms with Gasteiger partial charge in [0.15, 0.2) is 0 Å². The molecule has 3 nitrogen and oxygen atoms in total. The SMILES string of the molecule is c1ccc2cc(-c3ccc(-c4nc(-n5c6cccc7c6c6c8c(ccc9sc%10cccc-7c%10c98)ccc65)nc5ccccc45)cc3)ccc2c1. The van der Waals surface area contributed by atoms with Crippen LogP contribution in [0.15, 0.2) is 152 Å². The van der Waals surface area contributed by atoms with E-state index in [1.165, 1.54) is 74.7 Å². The minimum Gasteiger partial charge on any atom is -0.278 e. The summed E-state index contributed by atoms with van der Waals surface area (Å²) in [6.45, 7) is 0. The normalized spacial score (nSPS) is 12.4. The lowest BCUT2D eigenvalue weighted by molar-refractivity contribution is 1.01. The van der Waals surface area contributed by atoms with Gasteiger partial charge in [-0.1, -0.05) is 115 Å². The van der Waals surface area contributed by atoms with Gasteiger partial charge in [-0.2, -0.15) is 0 Å². The largest absolute Gasteiger partial charge is 0.278 e. The maximum absolute atomic E-state index is 5.43. The van der Waals surface area contributed by atoms with Gasteiger partial charge in [0, 0.05) is 47.3 Å². The number of nitrogens with zero attached hydrogens (tertiary/aromatic N) is 3. The second-order valence-corrected chi connectivity index (χ2v) is 14.4. The van der Waals surface area contributed by atoms with Gasteiger partial charge < -0.3 is 0 Å². The van der Waals surface area contributed by atoms with Crippen LogP contribution in [0.5, 0.6) is 0 Å². The number of benzene rings is 8. The third-order valence-corrected chi connectivity index (χ3v) is 11.8. The van der Waals surface area contributed by atoms with Crippen molar-refractivity contribution >= 4 is 85.8 Å².